The van der Waals surface area contributed by atoms with Gasteiger partial charge in [0.15, 0.2) is 5.65 Å². The third kappa shape index (κ3) is 3.72. The van der Waals surface area contributed by atoms with Crippen molar-refractivity contribution in [1.82, 2.24) is 14.5 Å². The van der Waals surface area contributed by atoms with Gasteiger partial charge in [0, 0.05) is 29.6 Å². The smallest absolute Gasteiger partial charge is 0.278 e. The Kier molecular flexibility index (Phi) is 5.39. The Balaban J connectivity index is 1.62. The molecule has 2 aromatic heterocycles. The van der Waals surface area contributed by atoms with Crippen LogP contribution in [0.1, 0.15) is 29.8 Å². The molecule has 4 rings (SSSR count). The van der Waals surface area contributed by atoms with E-state index < -0.39 is 0 Å². The monoisotopic (exact) mass is 398 g/mol. The van der Waals surface area contributed by atoms with Crippen molar-refractivity contribution in [3.63, 3.8) is 0 Å². The van der Waals surface area contributed by atoms with Crippen LogP contribution in [0, 0.1) is 0 Å². The number of aryl methyl sites for hydroxylation is 2. The predicted molar refractivity (Wildman–Crippen MR) is 119 cm³/mol. The van der Waals surface area contributed by atoms with Gasteiger partial charge in [0.2, 0.25) is 0 Å². The highest BCUT2D eigenvalue weighted by Gasteiger charge is 2.13. The standard InChI is InChI=1S/C24H22N4O2/c1-3-16-7-13-19(14-8-16)26-23(29)18-11-9-17(10-12-18)21-24(30)28(4-2)22-20(27-21)6-5-15-25-22/h5-15H,3-4H2,1-2H3,(H,26,29). The summed E-state index contributed by atoms with van der Waals surface area (Å²) in [4.78, 5) is 34.3. The zero-order valence-electron chi connectivity index (χ0n) is 16.9. The lowest BCUT2D eigenvalue weighted by molar-refractivity contribution is 0.102. The second kappa shape index (κ2) is 8.29. The summed E-state index contributed by atoms with van der Waals surface area (Å²) < 4.78 is 1.61. The molecule has 0 aliphatic rings. The first kappa shape index (κ1) is 19.5. The van der Waals surface area contributed by atoms with Gasteiger partial charge in [0.05, 0.1) is 0 Å². The summed E-state index contributed by atoms with van der Waals surface area (Å²) >= 11 is 0. The van der Waals surface area contributed by atoms with E-state index in [9.17, 15) is 9.59 Å². The number of hydrogen-bond acceptors (Lipinski definition) is 4. The van der Waals surface area contributed by atoms with Crippen molar-refractivity contribution >= 4 is 22.8 Å². The Bertz CT molecular complexity index is 1260. The number of aromatic nitrogens is 3. The van der Waals surface area contributed by atoms with Crippen LogP contribution < -0.4 is 10.9 Å². The number of carbonyl (C=O) groups excluding carboxylic acids is 1. The summed E-state index contributed by atoms with van der Waals surface area (Å²) in [5, 5.41) is 2.89. The first-order valence-electron chi connectivity index (χ1n) is 9.97. The number of nitrogens with zero attached hydrogens (tertiary/aromatic N) is 3. The van der Waals surface area contributed by atoms with Crippen molar-refractivity contribution in [2.75, 3.05) is 5.32 Å². The maximum absolute atomic E-state index is 12.9. The Morgan fingerprint density at radius 1 is 1.00 bits per heavy atom. The predicted octanol–water partition coefficient (Wildman–Crippen LogP) is 4.29. The quantitative estimate of drug-likeness (QED) is 0.544. The number of pyridine rings is 1. The van der Waals surface area contributed by atoms with E-state index in [0.717, 1.165) is 12.1 Å². The molecule has 0 aliphatic carbocycles. The average molecular weight is 398 g/mol. The van der Waals surface area contributed by atoms with Gasteiger partial charge in [-0.2, -0.15) is 0 Å². The molecule has 30 heavy (non-hydrogen) atoms. The number of hydrogen-bond donors (Lipinski definition) is 1. The van der Waals surface area contributed by atoms with Gasteiger partial charge in [-0.3, -0.25) is 14.2 Å². The molecule has 0 fully saturated rings. The van der Waals surface area contributed by atoms with Crippen LogP contribution in [0.2, 0.25) is 0 Å². The summed E-state index contributed by atoms with van der Waals surface area (Å²) in [6.45, 7) is 4.49. The van der Waals surface area contributed by atoms with Crippen molar-refractivity contribution < 1.29 is 4.79 Å². The van der Waals surface area contributed by atoms with Gasteiger partial charge in [0.1, 0.15) is 11.2 Å². The third-order valence-corrected chi connectivity index (χ3v) is 5.06. The Morgan fingerprint density at radius 2 is 1.73 bits per heavy atom. The molecule has 0 atom stereocenters. The minimum absolute atomic E-state index is 0.197. The van der Waals surface area contributed by atoms with Gasteiger partial charge in [-0.15, -0.1) is 0 Å². The molecule has 1 amide bonds. The Hall–Kier alpha value is -3.80. The molecule has 0 radical (unpaired) electrons. The molecule has 150 valence electrons. The van der Waals surface area contributed by atoms with Crippen LogP contribution in [0.3, 0.4) is 0 Å². The fourth-order valence-electron chi connectivity index (χ4n) is 3.36. The largest absolute Gasteiger partial charge is 0.322 e. The topological polar surface area (TPSA) is 76.9 Å². The SMILES string of the molecule is CCc1ccc(NC(=O)c2ccc(-c3nc4cccnc4n(CC)c3=O)cc2)cc1. The minimum Gasteiger partial charge on any atom is -0.322 e. The van der Waals surface area contributed by atoms with Crippen LogP contribution in [0.25, 0.3) is 22.4 Å². The fraction of sp³-hybridized carbons (Fsp3) is 0.167. The second-order valence-corrected chi connectivity index (χ2v) is 6.94. The number of rotatable bonds is 5. The lowest BCUT2D eigenvalue weighted by Crippen LogP contribution is -2.23. The van der Waals surface area contributed by atoms with Crippen molar-refractivity contribution in [3.8, 4) is 11.3 Å². The Labute approximate surface area is 174 Å². The molecule has 0 bridgehead atoms. The molecule has 1 N–H and O–H groups in total. The molecule has 0 saturated heterocycles. The van der Waals surface area contributed by atoms with Crippen LogP contribution in [-0.2, 0) is 13.0 Å². The van der Waals surface area contributed by atoms with E-state index in [0.29, 0.717) is 34.5 Å². The van der Waals surface area contributed by atoms with Gasteiger partial charge in [-0.05, 0) is 55.3 Å². The second-order valence-electron chi connectivity index (χ2n) is 6.94. The highest BCUT2D eigenvalue weighted by atomic mass is 16.1. The molecule has 2 heterocycles. The maximum atomic E-state index is 12.9. The van der Waals surface area contributed by atoms with Crippen molar-refractivity contribution in [2.45, 2.75) is 26.8 Å². The number of carbonyl (C=O) groups is 1. The first-order chi connectivity index (χ1) is 14.6. The maximum Gasteiger partial charge on any atom is 0.278 e. The molecular formula is C24H22N4O2. The fourth-order valence-corrected chi connectivity index (χ4v) is 3.36. The number of benzene rings is 2. The number of amides is 1. The summed E-state index contributed by atoms with van der Waals surface area (Å²) in [6.07, 6.45) is 2.60. The average Bonchev–Trinajstić information content (AvgIpc) is 2.79. The molecular weight excluding hydrogens is 376 g/mol. The number of anilines is 1. The lowest BCUT2D eigenvalue weighted by Gasteiger charge is -2.10. The highest BCUT2D eigenvalue weighted by Crippen LogP contribution is 2.18. The van der Waals surface area contributed by atoms with E-state index in [-0.39, 0.29) is 11.5 Å². The summed E-state index contributed by atoms with van der Waals surface area (Å²) in [6, 6.07) is 18.3. The zero-order valence-corrected chi connectivity index (χ0v) is 16.9. The van der Waals surface area contributed by atoms with Crippen molar-refractivity contribution in [1.29, 1.82) is 0 Å². The van der Waals surface area contributed by atoms with Gasteiger partial charge >= 0.3 is 0 Å². The van der Waals surface area contributed by atoms with Crippen LogP contribution in [-0.4, -0.2) is 20.4 Å². The van der Waals surface area contributed by atoms with Crippen LogP contribution in [0.5, 0.6) is 0 Å². The van der Waals surface area contributed by atoms with Gasteiger partial charge in [-0.1, -0.05) is 31.2 Å². The molecule has 0 aliphatic heterocycles. The zero-order chi connectivity index (χ0) is 21.1. The van der Waals surface area contributed by atoms with Crippen molar-refractivity contribution in [2.24, 2.45) is 0 Å². The molecule has 0 spiro atoms. The molecule has 0 saturated carbocycles. The van der Waals surface area contributed by atoms with Crippen LogP contribution in [0.4, 0.5) is 5.69 Å². The van der Waals surface area contributed by atoms with Crippen molar-refractivity contribution in [3.05, 3.63) is 88.3 Å². The van der Waals surface area contributed by atoms with E-state index in [2.05, 4.69) is 22.2 Å². The van der Waals surface area contributed by atoms with E-state index in [1.807, 2.05) is 37.3 Å². The van der Waals surface area contributed by atoms with E-state index >= 15 is 0 Å². The van der Waals surface area contributed by atoms with Gasteiger partial charge < -0.3 is 5.32 Å². The molecule has 4 aromatic rings. The van der Waals surface area contributed by atoms with Crippen LogP contribution in [0.15, 0.2) is 71.7 Å². The molecule has 2 aromatic carbocycles. The van der Waals surface area contributed by atoms with E-state index in [1.54, 1.807) is 41.1 Å². The summed E-state index contributed by atoms with van der Waals surface area (Å²) in [5.41, 5.74) is 4.51. The molecule has 6 nitrogen and oxygen atoms in total. The number of fused-ring (bicyclic) bond motifs is 1. The van der Waals surface area contributed by atoms with E-state index in [1.165, 1.54) is 5.56 Å². The Morgan fingerprint density at radius 3 is 2.40 bits per heavy atom. The normalized spacial score (nSPS) is 10.9. The van der Waals surface area contributed by atoms with Crippen LogP contribution >= 0.6 is 0 Å². The molecule has 0 unspecified atom stereocenters. The van der Waals surface area contributed by atoms with Gasteiger partial charge in [0.25, 0.3) is 11.5 Å². The minimum atomic E-state index is -0.201. The lowest BCUT2D eigenvalue weighted by atomic mass is 10.1. The van der Waals surface area contributed by atoms with E-state index in [4.69, 9.17) is 0 Å². The molecule has 6 heteroatoms. The van der Waals surface area contributed by atoms with Gasteiger partial charge in [-0.25, -0.2) is 9.97 Å². The first-order valence-corrected chi connectivity index (χ1v) is 9.97. The third-order valence-electron chi connectivity index (χ3n) is 5.06. The summed E-state index contributed by atoms with van der Waals surface area (Å²) in [7, 11) is 0. The number of nitrogens with one attached hydrogen (secondary N) is 1. The summed E-state index contributed by atoms with van der Waals surface area (Å²) in [5.74, 6) is -0.201. The highest BCUT2D eigenvalue weighted by molar-refractivity contribution is 6.04.